The molecule has 0 aliphatic heterocycles. The van der Waals surface area contributed by atoms with Crippen LogP contribution >= 0.6 is 0 Å². The van der Waals surface area contributed by atoms with Crippen LogP contribution in [0, 0.1) is 5.92 Å². The first-order valence-corrected chi connectivity index (χ1v) is 9.39. The lowest BCUT2D eigenvalue weighted by molar-refractivity contribution is -0.146. The van der Waals surface area contributed by atoms with E-state index in [1.54, 1.807) is 42.5 Å². The van der Waals surface area contributed by atoms with E-state index in [2.05, 4.69) is 5.32 Å². The van der Waals surface area contributed by atoms with Crippen molar-refractivity contribution in [2.24, 2.45) is 11.7 Å². The third kappa shape index (κ3) is 3.82. The lowest BCUT2D eigenvalue weighted by Gasteiger charge is -2.20. The van der Waals surface area contributed by atoms with Gasteiger partial charge in [-0.05, 0) is 18.4 Å². The number of hydrogen-bond acceptors (Lipinski definition) is 6. The Morgan fingerprint density at radius 2 is 1.64 bits per heavy atom. The highest BCUT2D eigenvalue weighted by Gasteiger charge is 2.31. The highest BCUT2D eigenvalue weighted by molar-refractivity contribution is 6.30. The zero-order chi connectivity index (χ0) is 20.3. The second-order valence-corrected chi connectivity index (χ2v) is 7.15. The van der Waals surface area contributed by atoms with Crippen LogP contribution in [0.4, 0.5) is 5.69 Å². The molecule has 0 saturated heterocycles. The Balaban J connectivity index is 1.65. The highest BCUT2D eigenvalue weighted by atomic mass is 16.5. The van der Waals surface area contributed by atoms with E-state index in [-0.39, 0.29) is 24.1 Å². The van der Waals surface area contributed by atoms with E-state index < -0.39 is 12.0 Å². The summed E-state index contributed by atoms with van der Waals surface area (Å²) >= 11 is 0. The van der Waals surface area contributed by atoms with Gasteiger partial charge in [-0.3, -0.25) is 14.4 Å². The van der Waals surface area contributed by atoms with Crippen molar-refractivity contribution in [2.45, 2.75) is 26.3 Å². The van der Waals surface area contributed by atoms with Crippen molar-refractivity contribution >= 4 is 23.2 Å². The molecule has 6 heteroatoms. The maximum Gasteiger partial charge on any atom is 0.323 e. The molecule has 3 N–H and O–H groups in total. The van der Waals surface area contributed by atoms with Crippen LogP contribution in [0.15, 0.2) is 42.5 Å². The summed E-state index contributed by atoms with van der Waals surface area (Å²) in [6.07, 6.45) is 0.555. The summed E-state index contributed by atoms with van der Waals surface area (Å²) in [6, 6.07) is 11.4. The molecule has 0 aromatic heterocycles. The molecule has 0 bridgehead atoms. The Kier molecular flexibility index (Phi) is 5.90. The number of nitrogens with one attached hydrogen (secondary N) is 1. The van der Waals surface area contributed by atoms with Crippen molar-refractivity contribution in [1.29, 1.82) is 0 Å². The van der Waals surface area contributed by atoms with Gasteiger partial charge in [0.25, 0.3) is 0 Å². The Labute approximate surface area is 164 Å². The van der Waals surface area contributed by atoms with E-state index in [1.807, 2.05) is 13.8 Å². The largest absolute Gasteiger partial charge is 0.464 e. The third-order valence-corrected chi connectivity index (χ3v) is 4.82. The van der Waals surface area contributed by atoms with E-state index in [0.717, 1.165) is 0 Å². The first-order valence-electron chi connectivity index (χ1n) is 9.39. The quantitative estimate of drug-likeness (QED) is 0.483. The van der Waals surface area contributed by atoms with Gasteiger partial charge >= 0.3 is 5.97 Å². The van der Waals surface area contributed by atoms with Gasteiger partial charge < -0.3 is 15.8 Å². The van der Waals surface area contributed by atoms with Gasteiger partial charge in [-0.25, -0.2) is 0 Å². The van der Waals surface area contributed by atoms with Crippen LogP contribution in [0.2, 0.25) is 0 Å². The number of hydrogen-bond donors (Lipinski definition) is 2. The zero-order valence-corrected chi connectivity index (χ0v) is 16.0. The van der Waals surface area contributed by atoms with Gasteiger partial charge in [-0.2, -0.15) is 0 Å². The fraction of sp³-hybridized carbons (Fsp3) is 0.318. The minimum atomic E-state index is -0.627. The lowest BCUT2D eigenvalue weighted by Crippen LogP contribution is -2.37. The van der Waals surface area contributed by atoms with Crippen molar-refractivity contribution in [3.05, 3.63) is 64.7 Å². The van der Waals surface area contributed by atoms with Crippen LogP contribution in [0.1, 0.15) is 52.1 Å². The summed E-state index contributed by atoms with van der Waals surface area (Å²) in [5.74, 6) is -0.703. The van der Waals surface area contributed by atoms with Crippen LogP contribution < -0.4 is 11.1 Å². The highest BCUT2D eigenvalue weighted by Crippen LogP contribution is 2.31. The second kappa shape index (κ2) is 8.35. The minimum absolute atomic E-state index is 0.0212. The Hall–Kier alpha value is -2.99. The Bertz CT molecular complexity index is 921. The molecule has 1 aliphatic carbocycles. The number of rotatable bonds is 7. The van der Waals surface area contributed by atoms with E-state index in [0.29, 0.717) is 40.9 Å². The van der Waals surface area contributed by atoms with E-state index in [9.17, 15) is 14.4 Å². The van der Waals surface area contributed by atoms with Crippen molar-refractivity contribution in [1.82, 2.24) is 0 Å². The summed E-state index contributed by atoms with van der Waals surface area (Å²) in [5, 5.41) is 3.18. The number of fused-ring (bicyclic) bond motifs is 2. The molecule has 1 atom stereocenters. The van der Waals surface area contributed by atoms with Crippen molar-refractivity contribution < 1.29 is 19.1 Å². The molecule has 146 valence electrons. The van der Waals surface area contributed by atoms with Gasteiger partial charge in [-0.1, -0.05) is 50.2 Å². The first kappa shape index (κ1) is 19.8. The molecule has 3 rings (SSSR count). The lowest BCUT2D eigenvalue weighted by atomic mass is 9.83. The fourth-order valence-corrected chi connectivity index (χ4v) is 3.13. The fourth-order valence-electron chi connectivity index (χ4n) is 3.13. The van der Waals surface area contributed by atoms with Gasteiger partial charge in [0.2, 0.25) is 0 Å². The zero-order valence-electron chi connectivity index (χ0n) is 16.0. The summed E-state index contributed by atoms with van der Waals surface area (Å²) in [4.78, 5) is 37.4. The molecule has 0 heterocycles. The maximum atomic E-state index is 12.9. The molecule has 0 amide bonds. The maximum absolute atomic E-state index is 12.9. The first-order chi connectivity index (χ1) is 13.4. The minimum Gasteiger partial charge on any atom is -0.464 e. The number of anilines is 1. The van der Waals surface area contributed by atoms with Crippen LogP contribution in [-0.2, 0) is 9.53 Å². The molecule has 2 aromatic carbocycles. The van der Waals surface area contributed by atoms with Gasteiger partial charge in [0.1, 0.15) is 6.04 Å². The van der Waals surface area contributed by atoms with Gasteiger partial charge in [0, 0.05) is 28.9 Å². The number of ketones is 2. The Morgan fingerprint density at radius 1 is 1.00 bits per heavy atom. The molecule has 0 saturated carbocycles. The van der Waals surface area contributed by atoms with E-state index in [4.69, 9.17) is 10.5 Å². The number of carbonyl (C=O) groups is 3. The molecule has 0 unspecified atom stereocenters. The third-order valence-electron chi connectivity index (χ3n) is 4.82. The second-order valence-electron chi connectivity index (χ2n) is 7.15. The van der Waals surface area contributed by atoms with E-state index in [1.165, 1.54) is 0 Å². The summed E-state index contributed by atoms with van der Waals surface area (Å²) in [5.41, 5.74) is 8.01. The SMILES string of the molecule is CC(C)[C@H](N)C(=O)OCCCNc1cccc2c1C(=O)c1ccccc1C2=O. The number of carbonyl (C=O) groups excluding carboxylic acids is 3. The molecular formula is C22H24N2O4. The van der Waals surface area contributed by atoms with Crippen LogP contribution in [0.25, 0.3) is 0 Å². The van der Waals surface area contributed by atoms with Crippen LogP contribution in [0.3, 0.4) is 0 Å². The predicted molar refractivity (Wildman–Crippen MR) is 107 cm³/mol. The van der Waals surface area contributed by atoms with Crippen molar-refractivity contribution in [3.63, 3.8) is 0 Å². The molecule has 2 aromatic rings. The summed E-state index contributed by atoms with van der Waals surface area (Å²) < 4.78 is 5.18. The van der Waals surface area contributed by atoms with Crippen molar-refractivity contribution in [2.75, 3.05) is 18.5 Å². The van der Waals surface area contributed by atoms with Gasteiger partial charge in [0.05, 0.1) is 12.2 Å². The molecular weight excluding hydrogens is 356 g/mol. The monoisotopic (exact) mass is 380 g/mol. The van der Waals surface area contributed by atoms with Crippen LogP contribution in [-0.4, -0.2) is 36.7 Å². The molecule has 1 aliphatic rings. The smallest absolute Gasteiger partial charge is 0.323 e. The molecule has 28 heavy (non-hydrogen) atoms. The van der Waals surface area contributed by atoms with Gasteiger partial charge in [-0.15, -0.1) is 0 Å². The predicted octanol–water partition coefficient (Wildman–Crippen LogP) is 2.79. The number of ether oxygens (including phenoxy) is 1. The standard InChI is InChI=1S/C22H24N2O4/c1-13(2)19(23)22(27)28-12-6-11-24-17-10-5-9-16-18(17)21(26)15-8-4-3-7-14(15)20(16)25/h3-5,7-10,13,19,24H,6,11-12,23H2,1-2H3/t19-/m0/s1. The molecule has 0 fully saturated rings. The van der Waals surface area contributed by atoms with Gasteiger partial charge in [0.15, 0.2) is 11.6 Å². The average Bonchev–Trinajstić information content (AvgIpc) is 2.70. The van der Waals surface area contributed by atoms with Crippen LogP contribution in [0.5, 0.6) is 0 Å². The number of benzene rings is 2. The molecule has 0 spiro atoms. The van der Waals surface area contributed by atoms with Crippen molar-refractivity contribution in [3.8, 4) is 0 Å². The normalized spacial score (nSPS) is 13.7. The Morgan fingerprint density at radius 3 is 2.32 bits per heavy atom. The molecule has 6 nitrogen and oxygen atoms in total. The molecule has 0 radical (unpaired) electrons. The number of esters is 1. The average molecular weight is 380 g/mol. The summed E-state index contributed by atoms with van der Waals surface area (Å²) in [7, 11) is 0. The summed E-state index contributed by atoms with van der Waals surface area (Å²) in [6.45, 7) is 4.45. The van der Waals surface area contributed by atoms with E-state index >= 15 is 0 Å². The topological polar surface area (TPSA) is 98.5 Å². The number of nitrogens with two attached hydrogens (primary N) is 1.